The molecule has 0 atom stereocenters. The smallest absolute Gasteiger partial charge is 0.128 e. The Kier molecular flexibility index (Phi) is 2.02. The molecule has 0 aromatic carbocycles. The summed E-state index contributed by atoms with van der Waals surface area (Å²) in [5.74, 6) is 0. The Morgan fingerprint density at radius 1 is 1.57 bits per heavy atom. The average Bonchev–Trinajstić information content (AvgIpc) is 2.78. The van der Waals surface area contributed by atoms with Crippen molar-refractivity contribution in [2.24, 2.45) is 0 Å². The summed E-state index contributed by atoms with van der Waals surface area (Å²) in [6.45, 7) is 1.91. The maximum absolute atomic E-state index is 8.81. The molecule has 0 spiro atoms. The van der Waals surface area contributed by atoms with Crippen LogP contribution in [0.2, 0.25) is 0 Å². The normalized spacial score (nSPS) is 10.0. The third-order valence-electron chi connectivity index (χ3n) is 2.08. The molecule has 0 fully saturated rings. The summed E-state index contributed by atoms with van der Waals surface area (Å²) in [5.41, 5.74) is 8.28. The maximum atomic E-state index is 8.81. The molecule has 2 rings (SSSR count). The minimum absolute atomic E-state index is 0.568. The van der Waals surface area contributed by atoms with E-state index in [9.17, 15) is 0 Å². The van der Waals surface area contributed by atoms with Crippen molar-refractivity contribution in [2.45, 2.75) is 6.92 Å². The highest BCUT2D eigenvalue weighted by Crippen LogP contribution is 2.37. The Bertz CT molecular complexity index is 491. The molecule has 0 aliphatic carbocycles. The van der Waals surface area contributed by atoms with E-state index in [4.69, 9.17) is 15.4 Å². The fraction of sp³-hybridized carbons (Fsp3) is 0.100. The highest BCUT2D eigenvalue weighted by atomic mass is 32.1. The molecule has 2 aromatic heterocycles. The molecule has 0 bridgehead atoms. The molecule has 3 nitrogen and oxygen atoms in total. The van der Waals surface area contributed by atoms with Gasteiger partial charge in [0.05, 0.1) is 18.2 Å². The van der Waals surface area contributed by atoms with Gasteiger partial charge >= 0.3 is 0 Å². The van der Waals surface area contributed by atoms with Crippen LogP contribution < -0.4 is 5.73 Å². The van der Waals surface area contributed by atoms with Crippen LogP contribution in [0.4, 0.5) is 5.69 Å². The minimum atomic E-state index is 0.568. The fourth-order valence-electron chi connectivity index (χ4n) is 1.28. The van der Waals surface area contributed by atoms with Gasteiger partial charge in [-0.1, -0.05) is 0 Å². The number of hydrogen-bond donors (Lipinski definition) is 1. The number of rotatable bonds is 1. The van der Waals surface area contributed by atoms with Gasteiger partial charge in [-0.25, -0.2) is 0 Å². The summed E-state index contributed by atoms with van der Waals surface area (Å²) in [5, 5.41) is 8.81. The predicted molar refractivity (Wildman–Crippen MR) is 55.9 cm³/mol. The van der Waals surface area contributed by atoms with Crippen molar-refractivity contribution in [1.82, 2.24) is 0 Å². The van der Waals surface area contributed by atoms with Gasteiger partial charge in [0.25, 0.3) is 0 Å². The lowest BCUT2D eigenvalue weighted by Crippen LogP contribution is -1.86. The lowest BCUT2D eigenvalue weighted by atomic mass is 10.1. The Morgan fingerprint density at radius 2 is 2.36 bits per heavy atom. The summed E-state index contributed by atoms with van der Waals surface area (Å²) in [6.07, 6.45) is 3.26. The van der Waals surface area contributed by atoms with Crippen LogP contribution in [0.5, 0.6) is 0 Å². The van der Waals surface area contributed by atoms with Gasteiger partial charge in [0, 0.05) is 10.4 Å². The second-order valence-corrected chi connectivity index (χ2v) is 3.94. The molecule has 0 unspecified atom stereocenters. The van der Waals surface area contributed by atoms with Crippen LogP contribution in [-0.4, -0.2) is 0 Å². The Labute approximate surface area is 85.4 Å². The highest BCUT2D eigenvalue weighted by Gasteiger charge is 2.13. The predicted octanol–water partition coefficient (Wildman–Crippen LogP) is 2.77. The highest BCUT2D eigenvalue weighted by molar-refractivity contribution is 7.16. The molecule has 0 saturated heterocycles. The van der Waals surface area contributed by atoms with E-state index in [1.54, 1.807) is 12.5 Å². The van der Waals surface area contributed by atoms with Gasteiger partial charge in [-0.2, -0.15) is 5.26 Å². The van der Waals surface area contributed by atoms with Crippen molar-refractivity contribution in [3.8, 4) is 16.5 Å². The molecule has 14 heavy (non-hydrogen) atoms. The van der Waals surface area contributed by atoms with Crippen LogP contribution in [0.25, 0.3) is 10.4 Å². The second-order valence-electron chi connectivity index (χ2n) is 2.92. The van der Waals surface area contributed by atoms with Crippen LogP contribution in [0, 0.1) is 18.3 Å². The molecule has 0 aliphatic rings. The van der Waals surface area contributed by atoms with Crippen LogP contribution in [0.3, 0.4) is 0 Å². The number of hydrogen-bond acceptors (Lipinski definition) is 4. The SMILES string of the molecule is Cc1c(-c2ccoc2)sc(C#N)c1N. The van der Waals surface area contributed by atoms with E-state index in [0.717, 1.165) is 16.0 Å². The third kappa shape index (κ3) is 1.19. The van der Waals surface area contributed by atoms with Crippen LogP contribution in [0.15, 0.2) is 23.0 Å². The molecule has 0 radical (unpaired) electrons. The molecule has 0 aliphatic heterocycles. The zero-order valence-corrected chi connectivity index (χ0v) is 8.39. The Balaban J connectivity index is 2.62. The van der Waals surface area contributed by atoms with Crippen LogP contribution >= 0.6 is 11.3 Å². The van der Waals surface area contributed by atoms with Gasteiger partial charge in [0.2, 0.25) is 0 Å². The van der Waals surface area contributed by atoms with E-state index in [1.807, 2.05) is 13.0 Å². The quantitative estimate of drug-likeness (QED) is 0.776. The van der Waals surface area contributed by atoms with Gasteiger partial charge in [0.1, 0.15) is 10.9 Å². The Hall–Kier alpha value is -1.73. The summed E-state index contributed by atoms with van der Waals surface area (Å²) >= 11 is 1.40. The summed E-state index contributed by atoms with van der Waals surface area (Å²) < 4.78 is 4.99. The molecule has 0 amide bonds. The largest absolute Gasteiger partial charge is 0.472 e. The zero-order valence-electron chi connectivity index (χ0n) is 7.57. The van der Waals surface area contributed by atoms with Crippen molar-refractivity contribution < 1.29 is 4.42 Å². The molecule has 70 valence electrons. The van der Waals surface area contributed by atoms with Crippen molar-refractivity contribution in [1.29, 1.82) is 5.26 Å². The van der Waals surface area contributed by atoms with Gasteiger partial charge in [-0.15, -0.1) is 11.3 Å². The minimum Gasteiger partial charge on any atom is -0.472 e. The monoisotopic (exact) mass is 204 g/mol. The molecule has 0 saturated carbocycles. The summed E-state index contributed by atoms with van der Waals surface area (Å²) in [6, 6.07) is 3.94. The van der Waals surface area contributed by atoms with Gasteiger partial charge < -0.3 is 10.2 Å². The van der Waals surface area contributed by atoms with E-state index in [1.165, 1.54) is 11.3 Å². The van der Waals surface area contributed by atoms with Gasteiger partial charge in [-0.3, -0.25) is 0 Å². The first-order valence-corrected chi connectivity index (χ1v) is 4.87. The van der Waals surface area contributed by atoms with Crippen molar-refractivity contribution >= 4 is 17.0 Å². The molecular weight excluding hydrogens is 196 g/mol. The second kappa shape index (κ2) is 3.20. The lowest BCUT2D eigenvalue weighted by molar-refractivity contribution is 0.568. The van der Waals surface area contributed by atoms with Gasteiger partial charge in [0.15, 0.2) is 0 Å². The van der Waals surface area contributed by atoms with Crippen LogP contribution in [0.1, 0.15) is 10.4 Å². The number of nitrogen functional groups attached to an aromatic ring is 1. The van der Waals surface area contributed by atoms with E-state index < -0.39 is 0 Å². The van der Waals surface area contributed by atoms with E-state index in [-0.39, 0.29) is 0 Å². The molecule has 2 N–H and O–H groups in total. The fourth-order valence-corrected chi connectivity index (χ4v) is 2.29. The summed E-state index contributed by atoms with van der Waals surface area (Å²) in [4.78, 5) is 1.58. The van der Waals surface area contributed by atoms with Gasteiger partial charge in [-0.05, 0) is 18.6 Å². The van der Waals surface area contributed by atoms with E-state index >= 15 is 0 Å². The number of thiophene rings is 1. The zero-order chi connectivity index (χ0) is 10.1. The van der Waals surface area contributed by atoms with Crippen molar-refractivity contribution in [3.05, 3.63) is 29.0 Å². The number of anilines is 1. The van der Waals surface area contributed by atoms with Crippen molar-refractivity contribution in [3.63, 3.8) is 0 Å². The lowest BCUT2D eigenvalue weighted by Gasteiger charge is -1.93. The Morgan fingerprint density at radius 3 is 2.86 bits per heavy atom. The van der Waals surface area contributed by atoms with Crippen molar-refractivity contribution in [2.75, 3.05) is 5.73 Å². The van der Waals surface area contributed by atoms with Crippen LogP contribution in [-0.2, 0) is 0 Å². The summed E-state index contributed by atoms with van der Waals surface area (Å²) in [7, 11) is 0. The number of nitriles is 1. The number of nitrogens with zero attached hydrogens (tertiary/aromatic N) is 1. The van der Waals surface area contributed by atoms with E-state index in [2.05, 4.69) is 6.07 Å². The third-order valence-corrected chi connectivity index (χ3v) is 3.34. The molecular formula is C10H8N2OS. The number of furan rings is 1. The average molecular weight is 204 g/mol. The van der Waals surface area contributed by atoms with E-state index in [0.29, 0.717) is 10.6 Å². The standard InChI is InChI=1S/C10H8N2OS/c1-6-9(12)8(4-11)14-10(6)7-2-3-13-5-7/h2-3,5H,12H2,1H3. The molecule has 2 aromatic rings. The first-order chi connectivity index (χ1) is 6.74. The first kappa shape index (κ1) is 8.85. The maximum Gasteiger partial charge on any atom is 0.128 e. The first-order valence-electron chi connectivity index (χ1n) is 4.05. The molecule has 2 heterocycles. The number of nitrogens with two attached hydrogens (primary N) is 1. The molecule has 4 heteroatoms. The topological polar surface area (TPSA) is 63.0 Å².